The molecule has 2 aromatic carbocycles. The highest BCUT2D eigenvalue weighted by molar-refractivity contribution is 5.81. The van der Waals surface area contributed by atoms with Crippen LogP contribution < -0.4 is 14.8 Å². The molecule has 0 spiro atoms. The van der Waals surface area contributed by atoms with Crippen LogP contribution in [0.5, 0.6) is 11.5 Å². The maximum absolute atomic E-state index is 12.5. The number of hydrogen-bond donors (Lipinski definition) is 1. The minimum absolute atomic E-state index is 0.0448. The maximum atomic E-state index is 12.5. The molecule has 1 N–H and O–H groups in total. The van der Waals surface area contributed by atoms with Crippen molar-refractivity contribution in [1.82, 2.24) is 5.32 Å². The Bertz CT molecular complexity index is 754. The van der Waals surface area contributed by atoms with Crippen LogP contribution >= 0.6 is 0 Å². The lowest BCUT2D eigenvalue weighted by atomic mass is 9.89. The molecule has 0 aliphatic heterocycles. The van der Waals surface area contributed by atoms with E-state index in [2.05, 4.69) is 23.5 Å². The molecule has 26 heavy (non-hydrogen) atoms. The van der Waals surface area contributed by atoms with Crippen LogP contribution in [0.25, 0.3) is 0 Å². The Morgan fingerprint density at radius 1 is 0.962 bits per heavy atom. The van der Waals surface area contributed by atoms with Gasteiger partial charge < -0.3 is 14.8 Å². The molecule has 0 unspecified atom stereocenters. The van der Waals surface area contributed by atoms with Gasteiger partial charge in [0, 0.05) is 0 Å². The summed E-state index contributed by atoms with van der Waals surface area (Å²) >= 11 is 0. The molecule has 2 atom stereocenters. The number of fused-ring (bicyclic) bond motifs is 1. The third-order valence-electron chi connectivity index (χ3n) is 4.97. The lowest BCUT2D eigenvalue weighted by molar-refractivity contribution is -0.127. The summed E-state index contributed by atoms with van der Waals surface area (Å²) in [4.78, 5) is 12.5. The fourth-order valence-electron chi connectivity index (χ4n) is 3.35. The molecule has 0 saturated carbocycles. The van der Waals surface area contributed by atoms with Gasteiger partial charge in [0.2, 0.25) is 0 Å². The summed E-state index contributed by atoms with van der Waals surface area (Å²) in [7, 11) is 1.62. The number of ether oxygens (including phenoxy) is 2. The summed E-state index contributed by atoms with van der Waals surface area (Å²) in [6.45, 7) is 3.78. The average molecular weight is 353 g/mol. The molecule has 4 heteroatoms. The van der Waals surface area contributed by atoms with Gasteiger partial charge in [-0.2, -0.15) is 0 Å². The molecule has 3 rings (SSSR count). The molecule has 0 heterocycles. The Morgan fingerprint density at radius 3 is 2.31 bits per heavy atom. The number of hydrogen-bond acceptors (Lipinski definition) is 3. The van der Waals surface area contributed by atoms with Crippen molar-refractivity contribution in [1.29, 1.82) is 0 Å². The normalized spacial score (nSPS) is 15.5. The van der Waals surface area contributed by atoms with E-state index in [1.165, 1.54) is 30.4 Å². The van der Waals surface area contributed by atoms with Crippen LogP contribution in [0, 0.1) is 0 Å². The minimum atomic E-state index is -0.566. The van der Waals surface area contributed by atoms with Gasteiger partial charge in [-0.25, -0.2) is 0 Å². The third kappa shape index (κ3) is 4.37. The van der Waals surface area contributed by atoms with Crippen LogP contribution in [-0.2, 0) is 17.6 Å². The van der Waals surface area contributed by atoms with Crippen LogP contribution in [0.4, 0.5) is 0 Å². The first-order chi connectivity index (χ1) is 12.6. The fourth-order valence-corrected chi connectivity index (χ4v) is 3.35. The first kappa shape index (κ1) is 18.3. The van der Waals surface area contributed by atoms with Crippen molar-refractivity contribution in [3.8, 4) is 11.5 Å². The topological polar surface area (TPSA) is 47.6 Å². The second-order valence-electron chi connectivity index (χ2n) is 6.90. The molecule has 0 aromatic heterocycles. The van der Waals surface area contributed by atoms with E-state index < -0.39 is 6.10 Å². The lowest BCUT2D eigenvalue weighted by Gasteiger charge is -2.22. The fraction of sp³-hybridized carbons (Fsp3) is 0.409. The van der Waals surface area contributed by atoms with Crippen LogP contribution in [0.3, 0.4) is 0 Å². The zero-order valence-electron chi connectivity index (χ0n) is 15.7. The number of carbonyl (C=O) groups is 1. The quantitative estimate of drug-likeness (QED) is 0.846. The van der Waals surface area contributed by atoms with Gasteiger partial charge in [0.15, 0.2) is 6.10 Å². The Labute approximate surface area is 155 Å². The molecule has 0 radical (unpaired) electrons. The summed E-state index contributed by atoms with van der Waals surface area (Å²) in [6, 6.07) is 13.8. The Hall–Kier alpha value is -2.49. The highest BCUT2D eigenvalue weighted by atomic mass is 16.5. The summed E-state index contributed by atoms with van der Waals surface area (Å²) in [5, 5.41) is 3.06. The van der Waals surface area contributed by atoms with Gasteiger partial charge in [0.1, 0.15) is 11.5 Å². The molecule has 1 aliphatic rings. The number of amides is 1. The number of benzene rings is 2. The van der Waals surface area contributed by atoms with Gasteiger partial charge in [-0.1, -0.05) is 18.2 Å². The highest BCUT2D eigenvalue weighted by Crippen LogP contribution is 2.25. The van der Waals surface area contributed by atoms with Gasteiger partial charge in [0.05, 0.1) is 13.2 Å². The van der Waals surface area contributed by atoms with E-state index in [1.54, 1.807) is 26.2 Å². The van der Waals surface area contributed by atoms with Crippen molar-refractivity contribution in [2.45, 2.75) is 51.7 Å². The van der Waals surface area contributed by atoms with E-state index in [4.69, 9.17) is 9.47 Å². The van der Waals surface area contributed by atoms with Crippen molar-refractivity contribution >= 4 is 5.91 Å². The van der Waals surface area contributed by atoms with E-state index in [0.717, 1.165) is 17.7 Å². The van der Waals surface area contributed by atoms with Crippen LogP contribution in [0.1, 0.15) is 49.4 Å². The van der Waals surface area contributed by atoms with Gasteiger partial charge in [-0.05, 0) is 80.5 Å². The average Bonchev–Trinajstić information content (AvgIpc) is 2.68. The summed E-state index contributed by atoms with van der Waals surface area (Å²) in [5.74, 6) is 1.29. The number of rotatable bonds is 6. The molecule has 0 bridgehead atoms. The van der Waals surface area contributed by atoms with Crippen molar-refractivity contribution in [3.05, 3.63) is 59.2 Å². The van der Waals surface area contributed by atoms with E-state index in [1.807, 2.05) is 19.1 Å². The van der Waals surface area contributed by atoms with E-state index in [9.17, 15) is 4.79 Å². The number of nitrogens with one attached hydrogen (secondary N) is 1. The summed E-state index contributed by atoms with van der Waals surface area (Å²) in [6.07, 6.45) is 4.27. The predicted molar refractivity (Wildman–Crippen MR) is 103 cm³/mol. The van der Waals surface area contributed by atoms with Gasteiger partial charge in [-0.3, -0.25) is 4.79 Å². The number of aryl methyl sites for hydroxylation is 2. The SMILES string of the molecule is COc1ccc(O[C@@H](C)C(=O)N[C@@H](C)c2ccc3c(c2)CCCC3)cc1. The molecule has 0 saturated heterocycles. The smallest absolute Gasteiger partial charge is 0.261 e. The zero-order valence-corrected chi connectivity index (χ0v) is 15.7. The second-order valence-corrected chi connectivity index (χ2v) is 6.90. The van der Waals surface area contributed by atoms with E-state index in [-0.39, 0.29) is 11.9 Å². The van der Waals surface area contributed by atoms with Crippen molar-refractivity contribution in [2.75, 3.05) is 7.11 Å². The van der Waals surface area contributed by atoms with Crippen molar-refractivity contribution in [3.63, 3.8) is 0 Å². The molecular weight excluding hydrogens is 326 g/mol. The second kappa shape index (κ2) is 8.26. The molecule has 1 aliphatic carbocycles. The molecule has 2 aromatic rings. The highest BCUT2D eigenvalue weighted by Gasteiger charge is 2.19. The number of methoxy groups -OCH3 is 1. The predicted octanol–water partition coefficient (Wildman–Crippen LogP) is 4.22. The monoisotopic (exact) mass is 353 g/mol. The molecular formula is C22H27NO3. The molecule has 4 nitrogen and oxygen atoms in total. The zero-order chi connectivity index (χ0) is 18.5. The van der Waals surface area contributed by atoms with Crippen molar-refractivity contribution in [2.24, 2.45) is 0 Å². The Morgan fingerprint density at radius 2 is 1.62 bits per heavy atom. The molecule has 1 amide bonds. The molecule has 138 valence electrons. The van der Waals surface area contributed by atoms with E-state index >= 15 is 0 Å². The molecule has 0 fully saturated rings. The van der Waals surface area contributed by atoms with Gasteiger partial charge in [-0.15, -0.1) is 0 Å². The lowest BCUT2D eigenvalue weighted by Crippen LogP contribution is -2.37. The van der Waals surface area contributed by atoms with Crippen molar-refractivity contribution < 1.29 is 14.3 Å². The minimum Gasteiger partial charge on any atom is -0.497 e. The van der Waals surface area contributed by atoms with Crippen LogP contribution in [0.2, 0.25) is 0 Å². The van der Waals surface area contributed by atoms with Crippen LogP contribution in [-0.4, -0.2) is 19.1 Å². The Balaban J connectivity index is 1.59. The standard InChI is InChI=1S/C22H27NO3/c1-15(18-9-8-17-6-4-5-7-19(17)14-18)23-22(24)16(2)26-21-12-10-20(25-3)11-13-21/h8-16H,4-7H2,1-3H3,(H,23,24)/t15-,16-/m0/s1. The van der Waals surface area contributed by atoms with Gasteiger partial charge in [0.25, 0.3) is 5.91 Å². The maximum Gasteiger partial charge on any atom is 0.261 e. The largest absolute Gasteiger partial charge is 0.497 e. The first-order valence-electron chi connectivity index (χ1n) is 9.29. The van der Waals surface area contributed by atoms with Gasteiger partial charge >= 0.3 is 0 Å². The Kier molecular flexibility index (Phi) is 5.82. The van der Waals surface area contributed by atoms with Crippen LogP contribution in [0.15, 0.2) is 42.5 Å². The third-order valence-corrected chi connectivity index (χ3v) is 4.97. The summed E-state index contributed by atoms with van der Waals surface area (Å²) < 4.78 is 10.9. The summed E-state index contributed by atoms with van der Waals surface area (Å²) in [5.41, 5.74) is 4.03. The van der Waals surface area contributed by atoms with E-state index in [0.29, 0.717) is 5.75 Å². The first-order valence-corrected chi connectivity index (χ1v) is 9.29. The number of carbonyl (C=O) groups excluding carboxylic acids is 1.